The van der Waals surface area contributed by atoms with Crippen LogP contribution in [0.25, 0.3) is 0 Å². The predicted molar refractivity (Wildman–Crippen MR) is 103 cm³/mol. The van der Waals surface area contributed by atoms with Gasteiger partial charge in [-0.25, -0.2) is 0 Å². The monoisotopic (exact) mass is 382 g/mol. The highest BCUT2D eigenvalue weighted by Crippen LogP contribution is 2.37. The van der Waals surface area contributed by atoms with Crippen LogP contribution < -0.4 is 11.1 Å². The third-order valence-corrected chi connectivity index (χ3v) is 5.32. The van der Waals surface area contributed by atoms with Crippen LogP contribution in [0.1, 0.15) is 23.6 Å². The number of amides is 1. The number of thioether (sulfide) groups is 1. The Hall–Kier alpha value is -1.20. The van der Waals surface area contributed by atoms with Crippen LogP contribution in [0.4, 0.5) is 0 Å². The summed E-state index contributed by atoms with van der Waals surface area (Å²) in [7, 11) is 0. The van der Waals surface area contributed by atoms with Gasteiger partial charge in [-0.15, -0.1) is 24.2 Å². The molecule has 2 aromatic rings. The molecule has 1 heterocycles. The summed E-state index contributed by atoms with van der Waals surface area (Å²) in [5.41, 5.74) is 8.23. The Morgan fingerprint density at radius 3 is 2.79 bits per heavy atom. The van der Waals surface area contributed by atoms with E-state index < -0.39 is 6.04 Å². The molecule has 3 rings (SSSR count). The standard InChI is InChI=1S/C18H19ClN2OS.ClH/c19-13-6-7-17-14(11-13)16(8-9-23-17)21-18(22)15(20)10-12-4-2-1-3-5-12;/h1-7,11,15-16H,8-10,20H2,(H,21,22);1H. The molecule has 3 N–H and O–H groups in total. The van der Waals surface area contributed by atoms with Crippen LogP contribution in [-0.4, -0.2) is 17.7 Å². The molecule has 24 heavy (non-hydrogen) atoms. The Labute approximate surface area is 157 Å². The first-order valence-electron chi connectivity index (χ1n) is 7.65. The lowest BCUT2D eigenvalue weighted by atomic mass is 10.0. The maximum absolute atomic E-state index is 12.4. The zero-order chi connectivity index (χ0) is 16.2. The highest BCUT2D eigenvalue weighted by atomic mass is 35.5. The number of hydrogen-bond donors (Lipinski definition) is 2. The number of nitrogens with two attached hydrogens (primary N) is 1. The molecule has 0 spiro atoms. The molecule has 0 saturated heterocycles. The lowest BCUT2D eigenvalue weighted by molar-refractivity contribution is -0.123. The van der Waals surface area contributed by atoms with E-state index in [4.69, 9.17) is 17.3 Å². The second kappa shape index (κ2) is 8.77. The number of nitrogens with one attached hydrogen (secondary N) is 1. The van der Waals surface area contributed by atoms with Crippen molar-refractivity contribution in [3.8, 4) is 0 Å². The number of halogens is 2. The van der Waals surface area contributed by atoms with E-state index in [1.54, 1.807) is 11.8 Å². The quantitative estimate of drug-likeness (QED) is 0.840. The van der Waals surface area contributed by atoms with Crippen LogP contribution in [0.3, 0.4) is 0 Å². The molecule has 1 aliphatic heterocycles. The van der Waals surface area contributed by atoms with E-state index in [0.29, 0.717) is 11.4 Å². The lowest BCUT2D eigenvalue weighted by Crippen LogP contribution is -2.44. The van der Waals surface area contributed by atoms with Gasteiger partial charge in [-0.2, -0.15) is 0 Å². The van der Waals surface area contributed by atoms with Crippen LogP contribution in [0, 0.1) is 0 Å². The Morgan fingerprint density at radius 1 is 1.29 bits per heavy atom. The molecule has 0 aromatic heterocycles. The third kappa shape index (κ3) is 4.67. The molecule has 128 valence electrons. The molecule has 6 heteroatoms. The lowest BCUT2D eigenvalue weighted by Gasteiger charge is -2.27. The van der Waals surface area contributed by atoms with E-state index in [9.17, 15) is 4.79 Å². The van der Waals surface area contributed by atoms with Gasteiger partial charge in [0.05, 0.1) is 12.1 Å². The van der Waals surface area contributed by atoms with Gasteiger partial charge in [-0.05, 0) is 42.2 Å². The van der Waals surface area contributed by atoms with E-state index >= 15 is 0 Å². The van der Waals surface area contributed by atoms with Crippen LogP contribution in [0.2, 0.25) is 5.02 Å². The molecule has 0 bridgehead atoms. The van der Waals surface area contributed by atoms with E-state index in [-0.39, 0.29) is 24.4 Å². The van der Waals surface area contributed by atoms with Crippen LogP contribution in [-0.2, 0) is 11.2 Å². The van der Waals surface area contributed by atoms with E-state index in [0.717, 1.165) is 23.3 Å². The number of benzene rings is 2. The summed E-state index contributed by atoms with van der Waals surface area (Å²) in [6.45, 7) is 0. The van der Waals surface area contributed by atoms with Gasteiger partial charge in [0, 0.05) is 15.7 Å². The molecular weight excluding hydrogens is 363 g/mol. The highest BCUT2D eigenvalue weighted by molar-refractivity contribution is 7.99. The van der Waals surface area contributed by atoms with Gasteiger partial charge in [0.25, 0.3) is 0 Å². The summed E-state index contributed by atoms with van der Waals surface area (Å²) < 4.78 is 0. The predicted octanol–water partition coefficient (Wildman–Crippen LogP) is 3.98. The molecule has 1 aliphatic rings. The van der Waals surface area contributed by atoms with Crippen molar-refractivity contribution >= 4 is 41.7 Å². The largest absolute Gasteiger partial charge is 0.348 e. The van der Waals surface area contributed by atoms with Crippen molar-refractivity contribution < 1.29 is 4.79 Å². The summed E-state index contributed by atoms with van der Waals surface area (Å²) in [6, 6.07) is 15.1. The van der Waals surface area contributed by atoms with Gasteiger partial charge < -0.3 is 11.1 Å². The van der Waals surface area contributed by atoms with Crippen molar-refractivity contribution in [2.24, 2.45) is 5.73 Å². The van der Waals surface area contributed by atoms with E-state index in [1.807, 2.05) is 48.5 Å². The minimum Gasteiger partial charge on any atom is -0.348 e. The molecule has 3 nitrogen and oxygen atoms in total. The Kier molecular flexibility index (Phi) is 6.99. The van der Waals surface area contributed by atoms with Crippen LogP contribution in [0.5, 0.6) is 0 Å². The van der Waals surface area contributed by atoms with Crippen molar-refractivity contribution in [2.75, 3.05) is 5.75 Å². The first-order chi connectivity index (χ1) is 11.1. The smallest absolute Gasteiger partial charge is 0.237 e. The summed E-state index contributed by atoms with van der Waals surface area (Å²) in [5, 5.41) is 3.78. The maximum Gasteiger partial charge on any atom is 0.237 e. The van der Waals surface area contributed by atoms with E-state index in [1.165, 1.54) is 4.90 Å². The van der Waals surface area contributed by atoms with E-state index in [2.05, 4.69) is 5.32 Å². The Bertz CT molecular complexity index is 697. The fourth-order valence-corrected chi connectivity index (χ4v) is 4.04. The van der Waals surface area contributed by atoms with Gasteiger partial charge >= 0.3 is 0 Å². The number of fused-ring (bicyclic) bond motifs is 1. The topological polar surface area (TPSA) is 55.1 Å². The normalized spacial score (nSPS) is 17.3. The van der Waals surface area contributed by atoms with Gasteiger partial charge in [0.15, 0.2) is 0 Å². The second-order valence-electron chi connectivity index (χ2n) is 5.68. The average molecular weight is 383 g/mol. The third-order valence-electron chi connectivity index (χ3n) is 3.96. The maximum atomic E-state index is 12.4. The van der Waals surface area contributed by atoms with Crippen molar-refractivity contribution in [1.29, 1.82) is 0 Å². The summed E-state index contributed by atoms with van der Waals surface area (Å²) in [6.07, 6.45) is 1.43. The number of hydrogen-bond acceptors (Lipinski definition) is 3. The fraction of sp³-hybridized carbons (Fsp3) is 0.278. The first kappa shape index (κ1) is 19.1. The number of rotatable bonds is 4. The molecular formula is C18H20Cl2N2OS. The zero-order valence-corrected chi connectivity index (χ0v) is 15.5. The van der Waals surface area contributed by atoms with Gasteiger partial charge in [-0.1, -0.05) is 41.9 Å². The van der Waals surface area contributed by atoms with Crippen molar-refractivity contribution in [1.82, 2.24) is 5.32 Å². The molecule has 2 unspecified atom stereocenters. The van der Waals surface area contributed by atoms with Gasteiger partial charge in [-0.3, -0.25) is 4.79 Å². The van der Waals surface area contributed by atoms with Crippen molar-refractivity contribution in [3.05, 3.63) is 64.7 Å². The number of carbonyl (C=O) groups is 1. The first-order valence-corrected chi connectivity index (χ1v) is 9.02. The number of carbonyl (C=O) groups excluding carboxylic acids is 1. The molecule has 0 fully saturated rings. The molecule has 2 aromatic carbocycles. The second-order valence-corrected chi connectivity index (χ2v) is 7.25. The minimum absolute atomic E-state index is 0. The van der Waals surface area contributed by atoms with Crippen LogP contribution >= 0.6 is 35.8 Å². The molecule has 2 atom stereocenters. The Morgan fingerprint density at radius 2 is 2.04 bits per heavy atom. The summed E-state index contributed by atoms with van der Waals surface area (Å²) in [4.78, 5) is 13.6. The summed E-state index contributed by atoms with van der Waals surface area (Å²) >= 11 is 7.90. The molecule has 0 radical (unpaired) electrons. The molecule has 0 aliphatic carbocycles. The van der Waals surface area contributed by atoms with Gasteiger partial charge in [0.2, 0.25) is 5.91 Å². The van der Waals surface area contributed by atoms with Crippen molar-refractivity contribution in [2.45, 2.75) is 29.8 Å². The molecule has 1 amide bonds. The van der Waals surface area contributed by atoms with Gasteiger partial charge in [0.1, 0.15) is 0 Å². The fourth-order valence-electron chi connectivity index (χ4n) is 2.75. The Balaban J connectivity index is 0.00000208. The minimum atomic E-state index is -0.547. The van der Waals surface area contributed by atoms with Crippen molar-refractivity contribution in [3.63, 3.8) is 0 Å². The zero-order valence-electron chi connectivity index (χ0n) is 13.1. The van der Waals surface area contributed by atoms with Crippen LogP contribution in [0.15, 0.2) is 53.4 Å². The SMILES string of the molecule is Cl.NC(Cc1ccccc1)C(=O)NC1CCSc2ccc(Cl)cc21. The highest BCUT2D eigenvalue weighted by Gasteiger charge is 2.24. The average Bonchev–Trinajstić information content (AvgIpc) is 2.56. The summed E-state index contributed by atoms with van der Waals surface area (Å²) in [5.74, 6) is 0.865. The molecule has 0 saturated carbocycles.